The molecule has 0 spiro atoms. The van der Waals surface area contributed by atoms with Gasteiger partial charge in [0.15, 0.2) is 0 Å². The van der Waals surface area contributed by atoms with Crippen LogP contribution in [0.5, 0.6) is 0 Å². The lowest BCUT2D eigenvalue weighted by molar-refractivity contribution is -0.125. The van der Waals surface area contributed by atoms with Crippen LogP contribution in [-0.2, 0) is 4.79 Å². The lowest BCUT2D eigenvalue weighted by Crippen LogP contribution is -2.42. The Hall–Kier alpha value is -1.14. The third-order valence-corrected chi connectivity index (χ3v) is 3.94. The molecule has 1 atom stereocenters. The Morgan fingerprint density at radius 3 is 2.84 bits per heavy atom. The summed E-state index contributed by atoms with van der Waals surface area (Å²) < 4.78 is 0. The lowest BCUT2D eigenvalue weighted by atomic mass is 9.99. The monoisotopic (exact) mass is 268 g/mol. The summed E-state index contributed by atoms with van der Waals surface area (Å²) >= 11 is 0. The lowest BCUT2D eigenvalue weighted by Gasteiger charge is -2.30. The first kappa shape index (κ1) is 14.3. The van der Waals surface area contributed by atoms with Crippen molar-refractivity contribution in [3.63, 3.8) is 0 Å². The van der Waals surface area contributed by atoms with Gasteiger partial charge in [-0.05, 0) is 38.4 Å². The van der Waals surface area contributed by atoms with Gasteiger partial charge in [0.2, 0.25) is 5.91 Å². The van der Waals surface area contributed by atoms with E-state index in [9.17, 15) is 9.59 Å². The molecule has 0 aromatic carbocycles. The number of nitrogens with zero attached hydrogens (tertiary/aromatic N) is 2. The fourth-order valence-electron chi connectivity index (χ4n) is 2.75. The molecule has 2 N–H and O–H groups in total. The molecule has 0 aromatic heterocycles. The van der Waals surface area contributed by atoms with Crippen LogP contribution in [-0.4, -0.2) is 67.6 Å². The number of urea groups is 1. The second-order valence-electron chi connectivity index (χ2n) is 5.31. The zero-order valence-electron chi connectivity index (χ0n) is 11.7. The van der Waals surface area contributed by atoms with E-state index in [1.807, 2.05) is 0 Å². The number of imide groups is 1. The van der Waals surface area contributed by atoms with Crippen LogP contribution >= 0.6 is 0 Å². The summed E-state index contributed by atoms with van der Waals surface area (Å²) in [5.41, 5.74) is 0. The second-order valence-corrected chi connectivity index (χ2v) is 5.31. The Morgan fingerprint density at radius 1 is 1.42 bits per heavy atom. The molecule has 6 heteroatoms. The summed E-state index contributed by atoms with van der Waals surface area (Å²) in [6, 6.07) is -0.250. The molecular weight excluding hydrogens is 244 g/mol. The molecule has 6 nitrogen and oxygen atoms in total. The topological polar surface area (TPSA) is 64.7 Å². The van der Waals surface area contributed by atoms with E-state index in [0.29, 0.717) is 12.5 Å². The number of likely N-dealkylation sites (N-methyl/N-ethyl adjacent to an activating group) is 1. The molecule has 0 radical (unpaired) electrons. The smallest absolute Gasteiger partial charge is 0.324 e. The molecular formula is C13H24N4O2. The Bertz CT molecular complexity index is 313. The Balaban J connectivity index is 1.75. The van der Waals surface area contributed by atoms with Gasteiger partial charge in [-0.15, -0.1) is 0 Å². The van der Waals surface area contributed by atoms with Crippen molar-refractivity contribution in [1.82, 2.24) is 20.4 Å². The van der Waals surface area contributed by atoms with Crippen molar-refractivity contribution >= 4 is 11.9 Å². The molecule has 0 aromatic rings. The molecule has 2 aliphatic heterocycles. The molecule has 0 bridgehead atoms. The number of carbonyl (C=O) groups excluding carboxylic acids is 2. The number of piperidine rings is 1. The van der Waals surface area contributed by atoms with E-state index in [1.165, 1.54) is 17.7 Å². The highest BCUT2D eigenvalue weighted by molar-refractivity contribution is 6.01. The van der Waals surface area contributed by atoms with Crippen LogP contribution in [0.15, 0.2) is 0 Å². The first-order valence-corrected chi connectivity index (χ1v) is 7.22. The summed E-state index contributed by atoms with van der Waals surface area (Å²) in [6.45, 7) is 7.77. The minimum atomic E-state index is -0.250. The zero-order valence-corrected chi connectivity index (χ0v) is 11.7. The van der Waals surface area contributed by atoms with Crippen molar-refractivity contribution in [2.75, 3.05) is 45.8 Å². The van der Waals surface area contributed by atoms with Crippen LogP contribution in [0.2, 0.25) is 0 Å². The molecule has 2 saturated heterocycles. The molecule has 2 heterocycles. The van der Waals surface area contributed by atoms with Crippen LogP contribution in [0.3, 0.4) is 0 Å². The van der Waals surface area contributed by atoms with Crippen molar-refractivity contribution in [2.24, 2.45) is 5.92 Å². The predicted molar refractivity (Wildman–Crippen MR) is 72.8 cm³/mol. The first-order valence-electron chi connectivity index (χ1n) is 7.22. The predicted octanol–water partition coefficient (Wildman–Crippen LogP) is -0.140. The SMILES string of the molecule is CCN(CCN1C(=O)CNC1=O)CC1CCCNC1. The van der Waals surface area contributed by atoms with Crippen molar-refractivity contribution in [1.29, 1.82) is 0 Å². The highest BCUT2D eigenvalue weighted by Gasteiger charge is 2.28. The van der Waals surface area contributed by atoms with Crippen molar-refractivity contribution in [3.05, 3.63) is 0 Å². The Kier molecular flexibility index (Phi) is 5.15. The Morgan fingerprint density at radius 2 is 2.26 bits per heavy atom. The maximum Gasteiger partial charge on any atom is 0.324 e. The molecule has 0 saturated carbocycles. The third-order valence-electron chi connectivity index (χ3n) is 3.94. The maximum absolute atomic E-state index is 11.5. The van der Waals surface area contributed by atoms with Gasteiger partial charge in [-0.1, -0.05) is 6.92 Å². The van der Waals surface area contributed by atoms with Gasteiger partial charge in [0, 0.05) is 19.6 Å². The molecule has 1 unspecified atom stereocenters. The number of carbonyl (C=O) groups is 2. The van der Waals surface area contributed by atoms with Gasteiger partial charge in [0.1, 0.15) is 0 Å². The zero-order chi connectivity index (χ0) is 13.7. The number of nitrogens with one attached hydrogen (secondary N) is 2. The van der Waals surface area contributed by atoms with Crippen LogP contribution in [0.4, 0.5) is 4.79 Å². The van der Waals surface area contributed by atoms with E-state index in [2.05, 4.69) is 22.5 Å². The molecule has 2 fully saturated rings. The minimum Gasteiger partial charge on any atom is -0.329 e. The van der Waals surface area contributed by atoms with Crippen molar-refractivity contribution in [2.45, 2.75) is 19.8 Å². The van der Waals surface area contributed by atoms with E-state index in [4.69, 9.17) is 0 Å². The van der Waals surface area contributed by atoms with E-state index < -0.39 is 0 Å². The average Bonchev–Trinajstić information content (AvgIpc) is 2.75. The fourth-order valence-corrected chi connectivity index (χ4v) is 2.75. The highest BCUT2D eigenvalue weighted by Crippen LogP contribution is 2.11. The molecule has 19 heavy (non-hydrogen) atoms. The van der Waals surface area contributed by atoms with E-state index in [1.54, 1.807) is 0 Å². The van der Waals surface area contributed by atoms with Gasteiger partial charge in [-0.3, -0.25) is 9.69 Å². The normalized spacial score (nSPS) is 24.1. The first-order chi connectivity index (χ1) is 9.20. The summed E-state index contributed by atoms with van der Waals surface area (Å²) in [5, 5.41) is 5.97. The van der Waals surface area contributed by atoms with Gasteiger partial charge in [-0.25, -0.2) is 4.79 Å². The summed E-state index contributed by atoms with van der Waals surface area (Å²) in [7, 11) is 0. The number of hydrogen-bond acceptors (Lipinski definition) is 4. The molecule has 3 amide bonds. The van der Waals surface area contributed by atoms with Gasteiger partial charge >= 0.3 is 6.03 Å². The van der Waals surface area contributed by atoms with Gasteiger partial charge in [-0.2, -0.15) is 0 Å². The molecule has 108 valence electrons. The molecule has 2 rings (SSSR count). The fraction of sp³-hybridized carbons (Fsp3) is 0.846. The highest BCUT2D eigenvalue weighted by atomic mass is 16.2. The molecule has 0 aliphatic carbocycles. The second kappa shape index (κ2) is 6.86. The minimum absolute atomic E-state index is 0.111. The van der Waals surface area contributed by atoms with Crippen molar-refractivity contribution in [3.8, 4) is 0 Å². The quantitative estimate of drug-likeness (QED) is 0.658. The summed E-state index contributed by atoms with van der Waals surface area (Å²) in [4.78, 5) is 26.6. The van der Waals surface area contributed by atoms with E-state index >= 15 is 0 Å². The van der Waals surface area contributed by atoms with Gasteiger partial charge in [0.25, 0.3) is 0 Å². The number of amides is 3. The standard InChI is InChI=1S/C13H24N4O2/c1-2-16(10-11-4-3-5-14-8-11)6-7-17-12(18)9-15-13(17)19/h11,14H,2-10H2,1H3,(H,15,19). The van der Waals surface area contributed by atoms with Crippen LogP contribution in [0.1, 0.15) is 19.8 Å². The molecule has 2 aliphatic rings. The number of hydrogen-bond donors (Lipinski definition) is 2. The van der Waals surface area contributed by atoms with E-state index in [0.717, 1.165) is 32.7 Å². The van der Waals surface area contributed by atoms with Gasteiger partial charge < -0.3 is 15.5 Å². The average molecular weight is 268 g/mol. The number of rotatable bonds is 6. The van der Waals surface area contributed by atoms with E-state index in [-0.39, 0.29) is 18.5 Å². The summed E-state index contributed by atoms with van der Waals surface area (Å²) in [6.07, 6.45) is 2.52. The third kappa shape index (κ3) is 3.91. The maximum atomic E-state index is 11.5. The van der Waals surface area contributed by atoms with Crippen LogP contribution < -0.4 is 10.6 Å². The summed E-state index contributed by atoms with van der Waals surface area (Å²) in [5.74, 6) is 0.581. The Labute approximate surface area is 114 Å². The van der Waals surface area contributed by atoms with Crippen molar-refractivity contribution < 1.29 is 9.59 Å². The van der Waals surface area contributed by atoms with Gasteiger partial charge in [0.05, 0.1) is 6.54 Å². The van der Waals surface area contributed by atoms with Crippen LogP contribution in [0.25, 0.3) is 0 Å². The largest absolute Gasteiger partial charge is 0.329 e. The van der Waals surface area contributed by atoms with Crippen LogP contribution in [0, 0.1) is 5.92 Å².